The summed E-state index contributed by atoms with van der Waals surface area (Å²) in [6.45, 7) is 2.55. The fraction of sp³-hybridized carbons (Fsp3) is 0.455. The lowest BCUT2D eigenvalue weighted by Crippen LogP contribution is -2.30. The van der Waals surface area contributed by atoms with Gasteiger partial charge in [-0.1, -0.05) is 6.08 Å². The van der Waals surface area contributed by atoms with Gasteiger partial charge in [-0.15, -0.1) is 0 Å². The van der Waals surface area contributed by atoms with E-state index >= 15 is 0 Å². The van der Waals surface area contributed by atoms with Crippen LogP contribution in [0.1, 0.15) is 6.42 Å². The lowest BCUT2D eigenvalue weighted by molar-refractivity contribution is 0.222. The summed E-state index contributed by atoms with van der Waals surface area (Å²) in [5.74, 6) is 0.788. The quantitative estimate of drug-likeness (QED) is 0.796. The van der Waals surface area contributed by atoms with Crippen molar-refractivity contribution in [3.05, 3.63) is 28.5 Å². The van der Waals surface area contributed by atoms with Crippen LogP contribution < -0.4 is 4.90 Å². The molecule has 86 valence electrons. The van der Waals surface area contributed by atoms with Crippen LogP contribution in [0.4, 0.5) is 5.95 Å². The molecule has 5 heteroatoms. The molecule has 0 atom stereocenters. The van der Waals surface area contributed by atoms with Crippen molar-refractivity contribution in [3.8, 4) is 0 Å². The molecular formula is C11H14BrN3O. The van der Waals surface area contributed by atoms with Gasteiger partial charge in [0.15, 0.2) is 0 Å². The van der Waals surface area contributed by atoms with Crippen LogP contribution in [0.15, 0.2) is 28.5 Å². The van der Waals surface area contributed by atoms with Crippen molar-refractivity contribution in [2.24, 2.45) is 0 Å². The van der Waals surface area contributed by atoms with Crippen LogP contribution >= 0.6 is 15.9 Å². The predicted octanol–water partition coefficient (Wildman–Crippen LogP) is 2.02. The maximum absolute atomic E-state index is 5.11. The maximum Gasteiger partial charge on any atom is 0.225 e. The zero-order valence-electron chi connectivity index (χ0n) is 9.19. The highest BCUT2D eigenvalue weighted by Crippen LogP contribution is 2.16. The Morgan fingerprint density at radius 3 is 2.75 bits per heavy atom. The monoisotopic (exact) mass is 283 g/mol. The van der Waals surface area contributed by atoms with E-state index in [1.807, 2.05) is 0 Å². The van der Waals surface area contributed by atoms with Gasteiger partial charge in [-0.25, -0.2) is 9.97 Å². The van der Waals surface area contributed by atoms with Crippen LogP contribution in [0, 0.1) is 0 Å². The van der Waals surface area contributed by atoms with E-state index < -0.39 is 0 Å². The van der Waals surface area contributed by atoms with Crippen LogP contribution in [-0.2, 0) is 4.74 Å². The molecule has 0 aliphatic carbocycles. The van der Waals surface area contributed by atoms with Gasteiger partial charge < -0.3 is 9.64 Å². The number of hydrogen-bond donors (Lipinski definition) is 0. The van der Waals surface area contributed by atoms with Gasteiger partial charge in [-0.2, -0.15) is 0 Å². The summed E-state index contributed by atoms with van der Waals surface area (Å²) >= 11 is 3.33. The van der Waals surface area contributed by atoms with Crippen LogP contribution in [-0.4, -0.2) is 36.8 Å². The standard InChI is InChI=1S/C11H14BrN3O/c1-16-8-9-2-4-15(5-3-9)11-13-6-10(12)7-14-11/h2,6-7H,3-5,8H2,1H3. The molecule has 16 heavy (non-hydrogen) atoms. The molecule has 0 fully saturated rings. The third kappa shape index (κ3) is 2.80. The normalized spacial score (nSPS) is 16.1. The lowest BCUT2D eigenvalue weighted by Gasteiger charge is -2.26. The van der Waals surface area contributed by atoms with E-state index in [0.29, 0.717) is 0 Å². The molecule has 2 rings (SSSR count). The zero-order chi connectivity index (χ0) is 11.4. The second-order valence-electron chi connectivity index (χ2n) is 3.69. The van der Waals surface area contributed by atoms with Gasteiger partial charge in [0, 0.05) is 32.6 Å². The molecule has 0 spiro atoms. The zero-order valence-corrected chi connectivity index (χ0v) is 10.8. The molecule has 0 N–H and O–H groups in total. The first-order chi connectivity index (χ1) is 7.79. The van der Waals surface area contributed by atoms with Crippen molar-refractivity contribution in [1.82, 2.24) is 9.97 Å². The molecule has 1 aromatic rings. The van der Waals surface area contributed by atoms with Crippen molar-refractivity contribution < 1.29 is 4.74 Å². The van der Waals surface area contributed by atoms with E-state index in [2.05, 4.69) is 36.9 Å². The van der Waals surface area contributed by atoms with Crippen LogP contribution in [0.3, 0.4) is 0 Å². The SMILES string of the molecule is COCC1=CCN(c2ncc(Br)cn2)CC1. The molecule has 1 aliphatic rings. The van der Waals surface area contributed by atoms with E-state index in [-0.39, 0.29) is 0 Å². The molecule has 2 heterocycles. The minimum atomic E-state index is 0.731. The van der Waals surface area contributed by atoms with Gasteiger partial charge in [0.1, 0.15) is 0 Å². The minimum absolute atomic E-state index is 0.731. The van der Waals surface area contributed by atoms with Crippen molar-refractivity contribution in [2.45, 2.75) is 6.42 Å². The number of anilines is 1. The van der Waals surface area contributed by atoms with Crippen LogP contribution in [0.25, 0.3) is 0 Å². The Labute approximate surface area is 103 Å². The number of hydrogen-bond acceptors (Lipinski definition) is 4. The fourth-order valence-electron chi connectivity index (χ4n) is 1.68. The van der Waals surface area contributed by atoms with E-state index in [0.717, 1.165) is 36.5 Å². The number of halogens is 1. The second-order valence-corrected chi connectivity index (χ2v) is 4.61. The predicted molar refractivity (Wildman–Crippen MR) is 66.5 cm³/mol. The molecular weight excluding hydrogens is 270 g/mol. The first kappa shape index (κ1) is 11.5. The third-order valence-corrected chi connectivity index (χ3v) is 2.93. The molecule has 1 aliphatic heterocycles. The van der Waals surface area contributed by atoms with Gasteiger partial charge in [0.05, 0.1) is 11.1 Å². The topological polar surface area (TPSA) is 38.2 Å². The Morgan fingerprint density at radius 2 is 2.19 bits per heavy atom. The van der Waals surface area contributed by atoms with Crippen molar-refractivity contribution in [3.63, 3.8) is 0 Å². The van der Waals surface area contributed by atoms with Crippen molar-refractivity contribution in [1.29, 1.82) is 0 Å². The van der Waals surface area contributed by atoms with E-state index in [4.69, 9.17) is 4.74 Å². The lowest BCUT2D eigenvalue weighted by atomic mass is 10.1. The van der Waals surface area contributed by atoms with Crippen molar-refractivity contribution in [2.75, 3.05) is 31.7 Å². The van der Waals surface area contributed by atoms with Crippen LogP contribution in [0.2, 0.25) is 0 Å². The Hall–Kier alpha value is -0.940. The highest BCUT2D eigenvalue weighted by Gasteiger charge is 2.13. The Kier molecular flexibility index (Phi) is 3.90. The van der Waals surface area contributed by atoms with Gasteiger partial charge >= 0.3 is 0 Å². The highest BCUT2D eigenvalue weighted by molar-refractivity contribution is 9.10. The average Bonchev–Trinajstić information content (AvgIpc) is 2.32. The largest absolute Gasteiger partial charge is 0.380 e. The molecule has 0 unspecified atom stereocenters. The molecule has 0 aromatic carbocycles. The number of methoxy groups -OCH3 is 1. The number of nitrogens with zero attached hydrogens (tertiary/aromatic N) is 3. The summed E-state index contributed by atoms with van der Waals surface area (Å²) in [4.78, 5) is 10.7. The summed E-state index contributed by atoms with van der Waals surface area (Å²) in [7, 11) is 1.73. The number of rotatable bonds is 3. The minimum Gasteiger partial charge on any atom is -0.380 e. The van der Waals surface area contributed by atoms with E-state index in [1.54, 1.807) is 19.5 Å². The van der Waals surface area contributed by atoms with Gasteiger partial charge in [0.25, 0.3) is 0 Å². The summed E-state index contributed by atoms with van der Waals surface area (Å²) in [6, 6.07) is 0. The van der Waals surface area contributed by atoms with Gasteiger partial charge in [0.2, 0.25) is 5.95 Å². The van der Waals surface area contributed by atoms with Gasteiger partial charge in [-0.3, -0.25) is 0 Å². The Bertz CT molecular complexity index is 377. The Morgan fingerprint density at radius 1 is 1.44 bits per heavy atom. The first-order valence-electron chi connectivity index (χ1n) is 5.19. The van der Waals surface area contributed by atoms with E-state index in [9.17, 15) is 0 Å². The molecule has 0 saturated heterocycles. The summed E-state index contributed by atoms with van der Waals surface area (Å²) in [6.07, 6.45) is 6.76. The van der Waals surface area contributed by atoms with E-state index in [1.165, 1.54) is 5.57 Å². The molecule has 0 radical (unpaired) electrons. The van der Waals surface area contributed by atoms with Crippen LogP contribution in [0.5, 0.6) is 0 Å². The molecule has 1 aromatic heterocycles. The third-order valence-electron chi connectivity index (χ3n) is 2.52. The van der Waals surface area contributed by atoms with Gasteiger partial charge in [-0.05, 0) is 27.9 Å². The summed E-state index contributed by atoms with van der Waals surface area (Å²) < 4.78 is 6.02. The molecule has 0 saturated carbocycles. The molecule has 0 bridgehead atoms. The summed E-state index contributed by atoms with van der Waals surface area (Å²) in [5.41, 5.74) is 1.36. The van der Waals surface area contributed by atoms with Crippen molar-refractivity contribution >= 4 is 21.9 Å². The first-order valence-corrected chi connectivity index (χ1v) is 5.98. The average molecular weight is 284 g/mol. The smallest absolute Gasteiger partial charge is 0.225 e. The molecule has 0 amide bonds. The summed E-state index contributed by atoms with van der Waals surface area (Å²) in [5, 5.41) is 0. The number of ether oxygens (including phenoxy) is 1. The Balaban J connectivity index is 2.01. The second kappa shape index (κ2) is 5.41. The molecule has 4 nitrogen and oxygen atoms in total. The number of aromatic nitrogens is 2. The highest BCUT2D eigenvalue weighted by atomic mass is 79.9. The fourth-order valence-corrected chi connectivity index (χ4v) is 1.88. The maximum atomic E-state index is 5.11.